The van der Waals surface area contributed by atoms with Crippen LogP contribution in [-0.4, -0.2) is 25.2 Å². The first kappa shape index (κ1) is 14.9. The molecule has 0 saturated carbocycles. The highest BCUT2D eigenvalue weighted by Gasteiger charge is 2.14. The third kappa shape index (κ3) is 4.93. The van der Waals surface area contributed by atoms with Crippen molar-refractivity contribution >= 4 is 21.7 Å². The standard InChI is InChI=1S/C11H11FN2O4S/c12-9-6-8(7-13)3-4-10(9)14-19(17,18)5-1-2-11(15)16/h3-4,6,14H,1-2,5H2,(H,15,16). The molecule has 1 aromatic carbocycles. The largest absolute Gasteiger partial charge is 0.481 e. The lowest BCUT2D eigenvalue weighted by molar-refractivity contribution is -0.137. The fourth-order valence-corrected chi connectivity index (χ4v) is 2.43. The molecule has 0 radical (unpaired) electrons. The maximum atomic E-state index is 13.4. The molecule has 0 aliphatic heterocycles. The van der Waals surface area contributed by atoms with Crippen LogP contribution in [0.1, 0.15) is 18.4 Å². The number of hydrogen-bond donors (Lipinski definition) is 2. The van der Waals surface area contributed by atoms with E-state index in [2.05, 4.69) is 0 Å². The number of carboxylic acids is 1. The van der Waals surface area contributed by atoms with E-state index in [9.17, 15) is 17.6 Å². The van der Waals surface area contributed by atoms with E-state index in [1.807, 2.05) is 4.72 Å². The fraction of sp³-hybridized carbons (Fsp3) is 0.273. The number of aliphatic carboxylic acids is 1. The predicted molar refractivity (Wildman–Crippen MR) is 65.4 cm³/mol. The molecule has 0 bridgehead atoms. The molecule has 0 aliphatic carbocycles. The first-order chi connectivity index (χ1) is 8.84. The molecule has 19 heavy (non-hydrogen) atoms. The van der Waals surface area contributed by atoms with Crippen LogP contribution in [0.15, 0.2) is 18.2 Å². The summed E-state index contributed by atoms with van der Waals surface area (Å²) in [5.41, 5.74) is -0.194. The summed E-state index contributed by atoms with van der Waals surface area (Å²) < 4.78 is 38.6. The van der Waals surface area contributed by atoms with Gasteiger partial charge in [-0.1, -0.05) is 0 Å². The Bertz CT molecular complexity index is 622. The van der Waals surface area contributed by atoms with Gasteiger partial charge in [-0.05, 0) is 24.6 Å². The van der Waals surface area contributed by atoms with Gasteiger partial charge in [-0.25, -0.2) is 12.8 Å². The molecule has 102 valence electrons. The second-order valence-corrected chi connectivity index (χ2v) is 5.57. The zero-order valence-electron chi connectivity index (χ0n) is 9.76. The van der Waals surface area contributed by atoms with E-state index in [0.29, 0.717) is 0 Å². The Morgan fingerprint density at radius 2 is 2.16 bits per heavy atom. The molecule has 0 aliphatic rings. The molecule has 0 saturated heterocycles. The molecule has 0 unspecified atom stereocenters. The van der Waals surface area contributed by atoms with E-state index in [0.717, 1.165) is 12.1 Å². The van der Waals surface area contributed by atoms with Crippen molar-refractivity contribution in [2.24, 2.45) is 0 Å². The maximum Gasteiger partial charge on any atom is 0.303 e. The highest BCUT2D eigenvalue weighted by atomic mass is 32.2. The molecule has 1 aromatic rings. The second kappa shape index (κ2) is 6.15. The van der Waals surface area contributed by atoms with Crippen molar-refractivity contribution in [1.82, 2.24) is 0 Å². The number of carbonyl (C=O) groups is 1. The first-order valence-electron chi connectivity index (χ1n) is 5.26. The molecular formula is C11H11FN2O4S. The minimum Gasteiger partial charge on any atom is -0.481 e. The summed E-state index contributed by atoms with van der Waals surface area (Å²) in [5.74, 6) is -2.38. The molecule has 8 heteroatoms. The van der Waals surface area contributed by atoms with Crippen molar-refractivity contribution in [1.29, 1.82) is 5.26 Å². The van der Waals surface area contributed by atoms with Crippen molar-refractivity contribution in [2.45, 2.75) is 12.8 Å². The SMILES string of the molecule is N#Cc1ccc(NS(=O)(=O)CCCC(=O)O)c(F)c1. The smallest absolute Gasteiger partial charge is 0.303 e. The van der Waals surface area contributed by atoms with Crippen LogP contribution in [-0.2, 0) is 14.8 Å². The lowest BCUT2D eigenvalue weighted by atomic mass is 10.2. The number of sulfonamides is 1. The highest BCUT2D eigenvalue weighted by molar-refractivity contribution is 7.92. The number of nitrogens with zero attached hydrogens (tertiary/aromatic N) is 1. The van der Waals surface area contributed by atoms with Crippen molar-refractivity contribution < 1.29 is 22.7 Å². The van der Waals surface area contributed by atoms with Gasteiger partial charge in [-0.2, -0.15) is 5.26 Å². The minimum absolute atomic E-state index is 0.0669. The molecule has 6 nitrogen and oxygen atoms in total. The van der Waals surface area contributed by atoms with E-state index in [1.54, 1.807) is 6.07 Å². The van der Waals surface area contributed by atoms with Crippen LogP contribution < -0.4 is 4.72 Å². The van der Waals surface area contributed by atoms with Crippen LogP contribution in [0, 0.1) is 17.1 Å². The van der Waals surface area contributed by atoms with Crippen LogP contribution in [0.2, 0.25) is 0 Å². The van der Waals surface area contributed by atoms with Crippen LogP contribution >= 0.6 is 0 Å². The zero-order chi connectivity index (χ0) is 14.5. The van der Waals surface area contributed by atoms with Crippen LogP contribution in [0.25, 0.3) is 0 Å². The van der Waals surface area contributed by atoms with Crippen molar-refractivity contribution in [3.05, 3.63) is 29.6 Å². The summed E-state index contributed by atoms with van der Waals surface area (Å²) in [6.07, 6.45) is -0.348. The Labute approximate surface area is 109 Å². The van der Waals surface area contributed by atoms with Gasteiger partial charge >= 0.3 is 5.97 Å². The van der Waals surface area contributed by atoms with E-state index < -0.39 is 27.6 Å². The predicted octanol–water partition coefficient (Wildman–Crippen LogP) is 1.30. The number of nitriles is 1. The molecule has 0 aromatic heterocycles. The van der Waals surface area contributed by atoms with Gasteiger partial charge in [0.15, 0.2) is 0 Å². The summed E-state index contributed by atoms with van der Waals surface area (Å²) >= 11 is 0. The van der Waals surface area contributed by atoms with Crippen LogP contribution in [0.4, 0.5) is 10.1 Å². The van der Waals surface area contributed by atoms with E-state index in [4.69, 9.17) is 10.4 Å². The number of carboxylic acid groups (broad SMARTS) is 1. The molecule has 0 atom stereocenters. The monoisotopic (exact) mass is 286 g/mol. The van der Waals surface area contributed by atoms with Crippen molar-refractivity contribution in [2.75, 3.05) is 10.5 Å². The summed E-state index contributed by atoms with van der Waals surface area (Å²) in [6.45, 7) is 0. The summed E-state index contributed by atoms with van der Waals surface area (Å²) in [7, 11) is -3.81. The molecule has 1 rings (SSSR count). The molecule has 0 heterocycles. The van der Waals surface area contributed by atoms with E-state index >= 15 is 0 Å². The van der Waals surface area contributed by atoms with Gasteiger partial charge in [-0.15, -0.1) is 0 Å². The van der Waals surface area contributed by atoms with E-state index in [1.165, 1.54) is 6.07 Å². The summed E-state index contributed by atoms with van der Waals surface area (Å²) in [6, 6.07) is 5.05. The number of anilines is 1. The quantitative estimate of drug-likeness (QED) is 0.819. The average molecular weight is 286 g/mol. The Kier molecular flexibility index (Phi) is 4.83. The number of halogens is 1. The van der Waals surface area contributed by atoms with Crippen LogP contribution in [0.5, 0.6) is 0 Å². The number of nitrogens with one attached hydrogen (secondary N) is 1. The van der Waals surface area contributed by atoms with E-state index in [-0.39, 0.29) is 24.1 Å². The van der Waals surface area contributed by atoms with Gasteiger partial charge in [0.1, 0.15) is 5.82 Å². The first-order valence-corrected chi connectivity index (χ1v) is 6.91. The normalized spacial score (nSPS) is 10.7. The van der Waals surface area contributed by atoms with Crippen molar-refractivity contribution in [3.8, 4) is 6.07 Å². The topological polar surface area (TPSA) is 107 Å². The molecule has 0 spiro atoms. The van der Waals surface area contributed by atoms with Gasteiger partial charge < -0.3 is 5.11 Å². The van der Waals surface area contributed by atoms with Gasteiger partial charge in [0, 0.05) is 6.42 Å². The number of benzene rings is 1. The third-order valence-corrected chi connectivity index (χ3v) is 3.52. The Balaban J connectivity index is 2.73. The lowest BCUT2D eigenvalue weighted by Crippen LogP contribution is -2.18. The Hall–Kier alpha value is -2.14. The molecular weight excluding hydrogens is 275 g/mol. The van der Waals surface area contributed by atoms with Gasteiger partial charge in [0.2, 0.25) is 10.0 Å². The maximum absolute atomic E-state index is 13.4. The van der Waals surface area contributed by atoms with Crippen LogP contribution in [0.3, 0.4) is 0 Å². The minimum atomic E-state index is -3.81. The summed E-state index contributed by atoms with van der Waals surface area (Å²) in [5, 5.41) is 16.9. The van der Waals surface area contributed by atoms with Gasteiger partial charge in [-0.3, -0.25) is 9.52 Å². The fourth-order valence-electron chi connectivity index (χ4n) is 1.30. The molecule has 0 amide bonds. The number of hydrogen-bond acceptors (Lipinski definition) is 4. The van der Waals surface area contributed by atoms with Crippen molar-refractivity contribution in [3.63, 3.8) is 0 Å². The highest BCUT2D eigenvalue weighted by Crippen LogP contribution is 2.17. The van der Waals surface area contributed by atoms with Gasteiger partial charge in [0.25, 0.3) is 0 Å². The van der Waals surface area contributed by atoms with Gasteiger partial charge in [0.05, 0.1) is 23.1 Å². The Morgan fingerprint density at radius 3 is 2.68 bits per heavy atom. The average Bonchev–Trinajstić information content (AvgIpc) is 2.30. The zero-order valence-corrected chi connectivity index (χ0v) is 10.6. The second-order valence-electron chi connectivity index (χ2n) is 3.72. The molecule has 2 N–H and O–H groups in total. The lowest BCUT2D eigenvalue weighted by Gasteiger charge is -2.08. The third-order valence-electron chi connectivity index (χ3n) is 2.17. The summed E-state index contributed by atoms with van der Waals surface area (Å²) in [4.78, 5) is 10.3. The Morgan fingerprint density at radius 1 is 1.47 bits per heavy atom. The number of rotatable bonds is 6. The molecule has 0 fully saturated rings.